The van der Waals surface area contributed by atoms with Crippen molar-refractivity contribution in [1.29, 1.82) is 0 Å². The number of hydrogen-bond acceptors (Lipinski definition) is 4. The third kappa shape index (κ3) is 3.28. The van der Waals surface area contributed by atoms with Crippen molar-refractivity contribution in [3.63, 3.8) is 0 Å². The van der Waals surface area contributed by atoms with E-state index in [9.17, 15) is 8.42 Å². The van der Waals surface area contributed by atoms with Crippen LogP contribution in [0.1, 0.15) is 0 Å². The molecule has 1 rings (SSSR count). The molecule has 0 fully saturated rings. The van der Waals surface area contributed by atoms with Crippen LogP contribution in [0.15, 0.2) is 16.6 Å². The Labute approximate surface area is 103 Å². The molecule has 1 aromatic rings. The highest BCUT2D eigenvalue weighted by molar-refractivity contribution is 9.10. The van der Waals surface area contributed by atoms with Crippen molar-refractivity contribution in [2.24, 2.45) is 0 Å². The molecule has 0 atom stereocenters. The van der Waals surface area contributed by atoms with Gasteiger partial charge in [0.1, 0.15) is 0 Å². The Balaban J connectivity index is 3.31. The van der Waals surface area contributed by atoms with E-state index in [1.165, 1.54) is 14.2 Å². The van der Waals surface area contributed by atoms with E-state index in [4.69, 9.17) is 9.47 Å². The number of sulfonamides is 1. The lowest BCUT2D eigenvalue weighted by molar-refractivity contribution is 0.356. The Morgan fingerprint density at radius 1 is 1.25 bits per heavy atom. The first kappa shape index (κ1) is 13.1. The molecule has 16 heavy (non-hydrogen) atoms. The molecule has 0 aliphatic rings. The van der Waals surface area contributed by atoms with Crippen molar-refractivity contribution >= 4 is 31.6 Å². The molecule has 90 valence electrons. The number of benzene rings is 1. The van der Waals surface area contributed by atoms with Gasteiger partial charge in [-0.15, -0.1) is 0 Å². The van der Waals surface area contributed by atoms with E-state index in [1.54, 1.807) is 12.1 Å². The Morgan fingerprint density at radius 2 is 1.88 bits per heavy atom. The largest absolute Gasteiger partial charge is 0.493 e. The highest BCUT2D eigenvalue weighted by Crippen LogP contribution is 2.38. The van der Waals surface area contributed by atoms with Crippen LogP contribution in [-0.2, 0) is 10.0 Å². The smallest absolute Gasteiger partial charge is 0.229 e. The van der Waals surface area contributed by atoms with Gasteiger partial charge in [-0.25, -0.2) is 8.42 Å². The summed E-state index contributed by atoms with van der Waals surface area (Å²) in [5, 5.41) is 0. The summed E-state index contributed by atoms with van der Waals surface area (Å²) in [4.78, 5) is 0. The van der Waals surface area contributed by atoms with Crippen LogP contribution in [0.2, 0.25) is 0 Å². The van der Waals surface area contributed by atoms with Crippen LogP contribution >= 0.6 is 15.9 Å². The quantitative estimate of drug-likeness (QED) is 0.921. The highest BCUT2D eigenvalue weighted by atomic mass is 79.9. The fourth-order valence-corrected chi connectivity index (χ4v) is 2.19. The second kappa shape index (κ2) is 4.92. The molecule has 0 bridgehead atoms. The molecule has 5 nitrogen and oxygen atoms in total. The maximum absolute atomic E-state index is 11.2. The topological polar surface area (TPSA) is 64.6 Å². The highest BCUT2D eigenvalue weighted by Gasteiger charge is 2.14. The maximum Gasteiger partial charge on any atom is 0.229 e. The predicted molar refractivity (Wildman–Crippen MR) is 65.7 cm³/mol. The molecular weight excluding hydrogens is 298 g/mol. The van der Waals surface area contributed by atoms with Gasteiger partial charge in [0.15, 0.2) is 11.5 Å². The molecule has 0 unspecified atom stereocenters. The fourth-order valence-electron chi connectivity index (χ4n) is 1.21. The van der Waals surface area contributed by atoms with Gasteiger partial charge in [-0.1, -0.05) is 15.9 Å². The first-order valence-corrected chi connectivity index (χ1v) is 6.95. The Kier molecular flexibility index (Phi) is 4.03. The molecule has 0 heterocycles. The molecular formula is C9H12BrNO4S. The number of hydrogen-bond donors (Lipinski definition) is 1. The third-order valence-electron chi connectivity index (χ3n) is 1.74. The number of nitrogens with one attached hydrogen (secondary N) is 1. The number of rotatable bonds is 4. The summed E-state index contributed by atoms with van der Waals surface area (Å²) in [6, 6.07) is 3.29. The van der Waals surface area contributed by atoms with Gasteiger partial charge in [0.25, 0.3) is 0 Å². The predicted octanol–water partition coefficient (Wildman–Crippen LogP) is 1.84. The van der Waals surface area contributed by atoms with E-state index in [0.717, 1.165) is 6.26 Å². The van der Waals surface area contributed by atoms with Crippen molar-refractivity contribution in [1.82, 2.24) is 0 Å². The average molecular weight is 310 g/mol. The second-order valence-corrected chi connectivity index (χ2v) is 5.73. The van der Waals surface area contributed by atoms with E-state index in [-0.39, 0.29) is 0 Å². The summed E-state index contributed by atoms with van der Waals surface area (Å²) in [7, 11) is -0.434. The molecule has 0 radical (unpaired) electrons. The fraction of sp³-hybridized carbons (Fsp3) is 0.333. The first-order valence-electron chi connectivity index (χ1n) is 4.26. The number of methoxy groups -OCH3 is 2. The molecule has 1 aromatic carbocycles. The molecule has 0 aliphatic heterocycles. The van der Waals surface area contributed by atoms with Crippen LogP contribution in [0.5, 0.6) is 11.5 Å². The van der Waals surface area contributed by atoms with E-state index >= 15 is 0 Å². The normalized spacial score (nSPS) is 11.0. The van der Waals surface area contributed by atoms with Crippen molar-refractivity contribution in [2.45, 2.75) is 0 Å². The van der Waals surface area contributed by atoms with Gasteiger partial charge in [-0.3, -0.25) is 4.72 Å². The standard InChI is InChI=1S/C9H12BrNO4S/c1-14-8-5-6(10)4-7(9(8)15-2)11-16(3,12)13/h4-5,11H,1-3H3. The van der Waals surface area contributed by atoms with Gasteiger partial charge in [0.2, 0.25) is 10.0 Å². The summed E-state index contributed by atoms with van der Waals surface area (Å²) in [5.74, 6) is 0.791. The van der Waals surface area contributed by atoms with Crippen LogP contribution in [0.25, 0.3) is 0 Å². The number of anilines is 1. The van der Waals surface area contributed by atoms with Crippen molar-refractivity contribution < 1.29 is 17.9 Å². The van der Waals surface area contributed by atoms with Gasteiger partial charge < -0.3 is 9.47 Å². The monoisotopic (exact) mass is 309 g/mol. The minimum absolute atomic E-state index is 0.330. The van der Waals surface area contributed by atoms with Gasteiger partial charge in [0.05, 0.1) is 26.2 Å². The van der Waals surface area contributed by atoms with E-state index < -0.39 is 10.0 Å². The van der Waals surface area contributed by atoms with Crippen LogP contribution in [0.4, 0.5) is 5.69 Å². The summed E-state index contributed by atoms with van der Waals surface area (Å²) in [5.41, 5.74) is 0.330. The first-order chi connectivity index (χ1) is 7.37. The van der Waals surface area contributed by atoms with Gasteiger partial charge in [-0.2, -0.15) is 0 Å². The molecule has 0 amide bonds. The van der Waals surface area contributed by atoms with Gasteiger partial charge >= 0.3 is 0 Å². The zero-order valence-electron chi connectivity index (χ0n) is 9.07. The summed E-state index contributed by atoms with van der Waals surface area (Å²) in [6.45, 7) is 0. The van der Waals surface area contributed by atoms with Gasteiger partial charge in [-0.05, 0) is 12.1 Å². The second-order valence-electron chi connectivity index (χ2n) is 3.06. The average Bonchev–Trinajstić information content (AvgIpc) is 2.14. The Morgan fingerprint density at radius 3 is 2.31 bits per heavy atom. The molecule has 0 aromatic heterocycles. The van der Waals surface area contributed by atoms with Crippen molar-refractivity contribution in [3.05, 3.63) is 16.6 Å². The van der Waals surface area contributed by atoms with Crippen molar-refractivity contribution in [2.75, 3.05) is 25.2 Å². The zero-order valence-corrected chi connectivity index (χ0v) is 11.5. The van der Waals surface area contributed by atoms with Crippen LogP contribution < -0.4 is 14.2 Å². The zero-order chi connectivity index (χ0) is 12.3. The summed E-state index contributed by atoms with van der Waals surface area (Å²) < 4.78 is 35.5. The molecule has 0 saturated carbocycles. The molecule has 0 saturated heterocycles. The van der Waals surface area contributed by atoms with Crippen LogP contribution in [0.3, 0.4) is 0 Å². The minimum Gasteiger partial charge on any atom is -0.493 e. The number of ether oxygens (including phenoxy) is 2. The molecule has 7 heteroatoms. The summed E-state index contributed by atoms with van der Waals surface area (Å²) in [6.07, 6.45) is 1.07. The van der Waals surface area contributed by atoms with E-state index in [2.05, 4.69) is 20.7 Å². The Hall–Kier alpha value is -0.950. The van der Waals surface area contributed by atoms with E-state index in [1.807, 2.05) is 0 Å². The molecule has 0 aliphatic carbocycles. The maximum atomic E-state index is 11.2. The van der Waals surface area contributed by atoms with Gasteiger partial charge in [0, 0.05) is 4.47 Å². The number of halogens is 1. The van der Waals surface area contributed by atoms with E-state index in [0.29, 0.717) is 21.7 Å². The minimum atomic E-state index is -3.36. The van der Waals surface area contributed by atoms with Crippen LogP contribution in [0, 0.1) is 0 Å². The third-order valence-corrected chi connectivity index (χ3v) is 2.79. The summed E-state index contributed by atoms with van der Waals surface area (Å²) >= 11 is 3.25. The molecule has 1 N–H and O–H groups in total. The SMILES string of the molecule is COc1cc(Br)cc(NS(C)(=O)=O)c1OC. The lowest BCUT2D eigenvalue weighted by atomic mass is 10.3. The molecule has 0 spiro atoms. The van der Waals surface area contributed by atoms with Crippen LogP contribution in [-0.4, -0.2) is 28.9 Å². The lowest BCUT2D eigenvalue weighted by Crippen LogP contribution is -2.11. The van der Waals surface area contributed by atoms with Crippen molar-refractivity contribution in [3.8, 4) is 11.5 Å². The lowest BCUT2D eigenvalue weighted by Gasteiger charge is -2.13. The Bertz CT molecular complexity index is 487.